The van der Waals surface area contributed by atoms with Crippen molar-refractivity contribution < 1.29 is 9.21 Å². The van der Waals surface area contributed by atoms with Crippen LogP contribution in [0.4, 0.5) is 0 Å². The van der Waals surface area contributed by atoms with Crippen LogP contribution in [0.3, 0.4) is 0 Å². The Morgan fingerprint density at radius 3 is 2.74 bits per heavy atom. The Morgan fingerprint density at radius 1 is 1.58 bits per heavy atom. The normalized spacial score (nSPS) is 17.0. The van der Waals surface area contributed by atoms with Crippen molar-refractivity contribution >= 4 is 17.5 Å². The maximum Gasteiger partial charge on any atom is 0.237 e. The molecule has 1 fully saturated rings. The van der Waals surface area contributed by atoms with Crippen LogP contribution < -0.4 is 0 Å². The van der Waals surface area contributed by atoms with Crippen LogP contribution in [0.2, 0.25) is 0 Å². The van der Waals surface area contributed by atoms with Crippen molar-refractivity contribution in [1.82, 2.24) is 9.88 Å². The molecule has 0 aromatic carbocycles. The van der Waals surface area contributed by atoms with Gasteiger partial charge in [0.05, 0.1) is 12.7 Å². The molecule has 1 aromatic heterocycles. The highest BCUT2D eigenvalue weighted by atomic mass is 35.5. The van der Waals surface area contributed by atoms with Gasteiger partial charge in [0.2, 0.25) is 5.91 Å². The van der Waals surface area contributed by atoms with E-state index in [0.717, 1.165) is 18.7 Å². The lowest BCUT2D eigenvalue weighted by molar-refractivity contribution is -0.132. The zero-order valence-electron chi connectivity index (χ0n) is 11.6. The lowest BCUT2D eigenvalue weighted by atomic mass is 9.66. The summed E-state index contributed by atoms with van der Waals surface area (Å²) < 4.78 is 5.46. The number of amides is 1. The second-order valence-electron chi connectivity index (χ2n) is 5.44. The molecule has 106 valence electrons. The monoisotopic (exact) mass is 284 g/mol. The van der Waals surface area contributed by atoms with E-state index in [0.29, 0.717) is 12.4 Å². The zero-order valence-corrected chi connectivity index (χ0v) is 12.4. The molecule has 2 rings (SSSR count). The first-order chi connectivity index (χ1) is 9.08. The molecular weight excluding hydrogens is 264 g/mol. The summed E-state index contributed by atoms with van der Waals surface area (Å²) in [5.41, 5.74) is 0.288. The number of aromatic nitrogens is 1. The van der Waals surface area contributed by atoms with Crippen molar-refractivity contribution in [2.24, 2.45) is 5.41 Å². The Kier molecular flexibility index (Phi) is 4.50. The number of carbonyl (C=O) groups excluding carboxylic acids is 1. The lowest BCUT2D eigenvalue weighted by Gasteiger charge is -2.44. The van der Waals surface area contributed by atoms with Gasteiger partial charge in [0.15, 0.2) is 5.89 Å². The van der Waals surface area contributed by atoms with Gasteiger partial charge < -0.3 is 9.32 Å². The standard InChI is InChI=1S/C14H21ClN2O2/c1-3-14(5-4-6-14)10-17(13(18)7-15)9-12-8-16-11(2)19-12/h8H,3-7,9-10H2,1-2H3. The zero-order chi connectivity index (χ0) is 13.9. The molecule has 1 aromatic rings. The predicted molar refractivity (Wildman–Crippen MR) is 74.0 cm³/mol. The maximum atomic E-state index is 12.0. The summed E-state index contributed by atoms with van der Waals surface area (Å²) in [4.78, 5) is 17.9. The molecule has 1 aliphatic rings. The third-order valence-electron chi connectivity index (χ3n) is 4.17. The van der Waals surface area contributed by atoms with E-state index in [1.54, 1.807) is 13.1 Å². The molecule has 4 nitrogen and oxygen atoms in total. The van der Waals surface area contributed by atoms with Gasteiger partial charge in [-0.1, -0.05) is 13.3 Å². The molecule has 1 amide bonds. The summed E-state index contributed by atoms with van der Waals surface area (Å²) in [6.07, 6.45) is 6.45. The number of aryl methyl sites for hydroxylation is 1. The first-order valence-corrected chi connectivity index (χ1v) is 7.37. The lowest BCUT2D eigenvalue weighted by Crippen LogP contribution is -2.44. The highest BCUT2D eigenvalue weighted by Crippen LogP contribution is 2.44. The Hall–Kier alpha value is -1.03. The molecule has 5 heteroatoms. The smallest absolute Gasteiger partial charge is 0.237 e. The molecule has 0 saturated heterocycles. The van der Waals surface area contributed by atoms with E-state index in [-0.39, 0.29) is 17.2 Å². The molecule has 0 N–H and O–H groups in total. The van der Waals surface area contributed by atoms with Crippen molar-refractivity contribution in [2.45, 2.75) is 46.1 Å². The number of hydrogen-bond acceptors (Lipinski definition) is 3. The van der Waals surface area contributed by atoms with E-state index >= 15 is 0 Å². The Bertz CT molecular complexity index is 435. The number of halogens is 1. The minimum atomic E-state index is -0.0320. The molecule has 1 aliphatic carbocycles. The van der Waals surface area contributed by atoms with Gasteiger partial charge in [0, 0.05) is 13.5 Å². The second kappa shape index (κ2) is 5.95. The van der Waals surface area contributed by atoms with Crippen molar-refractivity contribution in [3.05, 3.63) is 17.8 Å². The SMILES string of the molecule is CCC1(CN(Cc2cnc(C)o2)C(=O)CCl)CCC1. The van der Waals surface area contributed by atoms with E-state index in [2.05, 4.69) is 11.9 Å². The van der Waals surface area contributed by atoms with Gasteiger partial charge in [0.25, 0.3) is 0 Å². The highest BCUT2D eigenvalue weighted by Gasteiger charge is 2.37. The van der Waals surface area contributed by atoms with Crippen LogP contribution in [0.15, 0.2) is 10.6 Å². The third kappa shape index (κ3) is 3.30. The van der Waals surface area contributed by atoms with Crippen molar-refractivity contribution in [3.63, 3.8) is 0 Å². The van der Waals surface area contributed by atoms with Gasteiger partial charge in [-0.05, 0) is 24.7 Å². The minimum Gasteiger partial charge on any atom is -0.444 e. The highest BCUT2D eigenvalue weighted by molar-refractivity contribution is 6.27. The average molecular weight is 285 g/mol. The molecule has 0 radical (unpaired) electrons. The molecule has 0 spiro atoms. The topological polar surface area (TPSA) is 46.3 Å². The van der Waals surface area contributed by atoms with Crippen LogP contribution in [-0.4, -0.2) is 28.2 Å². The van der Waals surface area contributed by atoms with E-state index < -0.39 is 0 Å². The summed E-state index contributed by atoms with van der Waals surface area (Å²) in [5.74, 6) is 1.34. The Balaban J connectivity index is 2.05. The van der Waals surface area contributed by atoms with Crippen LogP contribution in [0.25, 0.3) is 0 Å². The Morgan fingerprint density at radius 2 is 2.32 bits per heavy atom. The van der Waals surface area contributed by atoms with Gasteiger partial charge in [-0.25, -0.2) is 4.98 Å². The summed E-state index contributed by atoms with van der Waals surface area (Å²) in [6.45, 7) is 5.24. The predicted octanol–water partition coefficient (Wildman–Crippen LogP) is 3.13. The van der Waals surface area contributed by atoms with Crippen LogP contribution >= 0.6 is 11.6 Å². The second-order valence-corrected chi connectivity index (χ2v) is 5.70. The molecule has 1 heterocycles. The first-order valence-electron chi connectivity index (χ1n) is 6.83. The third-order valence-corrected chi connectivity index (χ3v) is 4.40. The van der Waals surface area contributed by atoms with Gasteiger partial charge >= 0.3 is 0 Å². The van der Waals surface area contributed by atoms with Crippen LogP contribution in [-0.2, 0) is 11.3 Å². The van der Waals surface area contributed by atoms with Gasteiger partial charge in [-0.2, -0.15) is 0 Å². The number of alkyl halides is 1. The quantitative estimate of drug-likeness (QED) is 0.754. The number of oxazole rings is 1. The molecule has 0 aliphatic heterocycles. The number of hydrogen-bond donors (Lipinski definition) is 0. The van der Waals surface area contributed by atoms with Crippen LogP contribution in [0.5, 0.6) is 0 Å². The maximum absolute atomic E-state index is 12.0. The van der Waals surface area contributed by atoms with Crippen molar-refractivity contribution in [3.8, 4) is 0 Å². The summed E-state index contributed by atoms with van der Waals surface area (Å²) in [6, 6.07) is 0. The average Bonchev–Trinajstić information content (AvgIpc) is 2.77. The first kappa shape index (κ1) is 14.4. The van der Waals surface area contributed by atoms with Crippen LogP contribution in [0, 0.1) is 12.3 Å². The number of nitrogens with zero attached hydrogens (tertiary/aromatic N) is 2. The minimum absolute atomic E-state index is 0.0207. The van der Waals surface area contributed by atoms with E-state index in [4.69, 9.17) is 16.0 Å². The fourth-order valence-corrected chi connectivity index (χ4v) is 2.86. The van der Waals surface area contributed by atoms with Gasteiger partial charge in [-0.3, -0.25) is 4.79 Å². The number of carbonyl (C=O) groups is 1. The van der Waals surface area contributed by atoms with Crippen molar-refractivity contribution in [1.29, 1.82) is 0 Å². The molecular formula is C14H21ClN2O2. The number of rotatable bonds is 6. The van der Waals surface area contributed by atoms with Crippen LogP contribution in [0.1, 0.15) is 44.3 Å². The van der Waals surface area contributed by atoms with E-state index in [1.807, 2.05) is 4.90 Å². The molecule has 0 bridgehead atoms. The van der Waals surface area contributed by atoms with Gasteiger partial charge in [0.1, 0.15) is 11.6 Å². The fourth-order valence-electron chi connectivity index (χ4n) is 2.69. The largest absolute Gasteiger partial charge is 0.444 e. The molecule has 0 atom stereocenters. The summed E-state index contributed by atoms with van der Waals surface area (Å²) in [5, 5.41) is 0. The molecule has 0 unspecified atom stereocenters. The van der Waals surface area contributed by atoms with Crippen molar-refractivity contribution in [2.75, 3.05) is 12.4 Å². The van der Waals surface area contributed by atoms with E-state index in [1.165, 1.54) is 19.3 Å². The van der Waals surface area contributed by atoms with Gasteiger partial charge in [-0.15, -0.1) is 11.6 Å². The van der Waals surface area contributed by atoms with E-state index in [9.17, 15) is 4.79 Å². The Labute approximate surface area is 119 Å². The summed E-state index contributed by atoms with van der Waals surface area (Å²) >= 11 is 5.71. The molecule has 19 heavy (non-hydrogen) atoms. The molecule has 1 saturated carbocycles. The fraction of sp³-hybridized carbons (Fsp3) is 0.714. The summed E-state index contributed by atoms with van der Waals surface area (Å²) in [7, 11) is 0.